The van der Waals surface area contributed by atoms with Crippen LogP contribution in [0.4, 0.5) is 0 Å². The van der Waals surface area contributed by atoms with Crippen LogP contribution in [0.15, 0.2) is 5.38 Å². The molecular weight excluding hydrogens is 222 g/mol. The maximum Gasteiger partial charge on any atom is 0.270 e. The molecule has 2 rings (SSSR count). The molecule has 0 spiro atoms. The van der Waals surface area contributed by atoms with E-state index in [4.69, 9.17) is 5.73 Å². The number of nitrogens with one attached hydrogen (secondary N) is 1. The Morgan fingerprint density at radius 1 is 1.62 bits per heavy atom. The molecule has 1 aliphatic carbocycles. The average Bonchev–Trinajstić information content (AvgIpc) is 2.64. The van der Waals surface area contributed by atoms with Crippen LogP contribution in [0.2, 0.25) is 0 Å². The number of nitrogens with two attached hydrogens (primary N) is 1. The summed E-state index contributed by atoms with van der Waals surface area (Å²) in [6.07, 6.45) is 4.55. The van der Waals surface area contributed by atoms with Crippen molar-refractivity contribution in [3.63, 3.8) is 0 Å². The lowest BCUT2D eigenvalue weighted by Gasteiger charge is -2.25. The predicted octanol–water partition coefficient (Wildman–Crippen LogP) is 1.17. The summed E-state index contributed by atoms with van der Waals surface area (Å²) in [6.45, 7) is 1.37. The number of hydrogen-bond acceptors (Lipinski definition) is 4. The molecule has 1 aromatic heterocycles. The fourth-order valence-corrected chi connectivity index (χ4v) is 2.47. The minimum atomic E-state index is -0.0496. The van der Waals surface area contributed by atoms with E-state index in [0.29, 0.717) is 18.2 Å². The molecule has 5 heteroatoms. The molecule has 1 heterocycles. The lowest BCUT2D eigenvalue weighted by atomic mass is 9.85. The van der Waals surface area contributed by atoms with Crippen molar-refractivity contribution >= 4 is 17.2 Å². The van der Waals surface area contributed by atoms with Gasteiger partial charge in [-0.1, -0.05) is 6.42 Å². The normalized spacial score (nSPS) is 15.8. The zero-order valence-corrected chi connectivity index (χ0v) is 10.1. The van der Waals surface area contributed by atoms with Crippen molar-refractivity contribution in [2.75, 3.05) is 13.1 Å². The summed E-state index contributed by atoms with van der Waals surface area (Å²) in [4.78, 5) is 16.0. The highest BCUT2D eigenvalue weighted by atomic mass is 32.1. The lowest BCUT2D eigenvalue weighted by molar-refractivity contribution is 0.0934. The van der Waals surface area contributed by atoms with Crippen LogP contribution in [0.3, 0.4) is 0 Å². The van der Waals surface area contributed by atoms with Gasteiger partial charge in [0.05, 0.1) is 5.01 Å². The van der Waals surface area contributed by atoms with Gasteiger partial charge in [0.2, 0.25) is 0 Å². The third kappa shape index (κ3) is 2.80. The first kappa shape index (κ1) is 11.5. The summed E-state index contributed by atoms with van der Waals surface area (Å²) >= 11 is 1.50. The van der Waals surface area contributed by atoms with Gasteiger partial charge >= 0.3 is 0 Å². The first-order valence-corrected chi connectivity index (χ1v) is 6.60. The van der Waals surface area contributed by atoms with E-state index in [1.54, 1.807) is 5.38 Å². The van der Waals surface area contributed by atoms with E-state index in [1.807, 2.05) is 0 Å². The van der Waals surface area contributed by atoms with E-state index < -0.39 is 0 Å². The lowest BCUT2D eigenvalue weighted by Crippen LogP contribution is -2.32. The quantitative estimate of drug-likeness (QED) is 0.810. The summed E-state index contributed by atoms with van der Waals surface area (Å²) in [6, 6.07) is 0. The van der Waals surface area contributed by atoms with E-state index >= 15 is 0 Å². The van der Waals surface area contributed by atoms with E-state index in [9.17, 15) is 4.79 Å². The molecule has 1 aromatic rings. The van der Waals surface area contributed by atoms with Crippen LogP contribution in [0.25, 0.3) is 0 Å². The van der Waals surface area contributed by atoms with Crippen LogP contribution in [0.5, 0.6) is 0 Å². The Hall–Kier alpha value is -0.940. The molecule has 3 N–H and O–H groups in total. The first-order chi connectivity index (χ1) is 7.79. The monoisotopic (exact) mass is 239 g/mol. The van der Waals surface area contributed by atoms with Crippen molar-refractivity contribution < 1.29 is 4.79 Å². The summed E-state index contributed by atoms with van der Waals surface area (Å²) < 4.78 is 0. The third-order valence-corrected chi connectivity index (χ3v) is 3.83. The molecule has 1 amide bonds. The van der Waals surface area contributed by atoms with Crippen molar-refractivity contribution in [2.24, 2.45) is 11.7 Å². The summed E-state index contributed by atoms with van der Waals surface area (Å²) in [5, 5.41) is 5.68. The molecule has 0 aromatic carbocycles. The van der Waals surface area contributed by atoms with Gasteiger partial charge in [0.15, 0.2) is 0 Å². The average molecular weight is 239 g/mol. The molecular formula is C11H17N3OS. The summed E-state index contributed by atoms with van der Waals surface area (Å²) in [5.41, 5.74) is 5.97. The number of aromatic nitrogens is 1. The van der Waals surface area contributed by atoms with Gasteiger partial charge < -0.3 is 11.1 Å². The Bertz CT molecular complexity index is 360. The molecule has 88 valence electrons. The van der Waals surface area contributed by atoms with Crippen molar-refractivity contribution in [3.05, 3.63) is 16.1 Å². The number of nitrogens with zero attached hydrogens (tertiary/aromatic N) is 1. The third-order valence-electron chi connectivity index (χ3n) is 2.92. The molecule has 0 aliphatic heterocycles. The second-order valence-electron chi connectivity index (χ2n) is 4.17. The van der Waals surface area contributed by atoms with Gasteiger partial charge in [-0.2, -0.15) is 0 Å². The Morgan fingerprint density at radius 2 is 2.44 bits per heavy atom. The highest BCUT2D eigenvalue weighted by Gasteiger charge is 2.19. The molecule has 0 atom stereocenters. The fraction of sp³-hybridized carbons (Fsp3) is 0.636. The maximum atomic E-state index is 11.7. The molecule has 16 heavy (non-hydrogen) atoms. The minimum Gasteiger partial charge on any atom is -0.350 e. The molecule has 1 fully saturated rings. The van der Waals surface area contributed by atoms with Crippen LogP contribution in [0.1, 0.15) is 34.8 Å². The number of amides is 1. The highest BCUT2D eigenvalue weighted by molar-refractivity contribution is 7.09. The Kier molecular flexibility index (Phi) is 3.90. The zero-order valence-electron chi connectivity index (χ0n) is 9.24. The smallest absolute Gasteiger partial charge is 0.270 e. The SMILES string of the molecule is NCCc1nc(C(=O)NCC2CCC2)cs1. The summed E-state index contributed by atoms with van der Waals surface area (Å²) in [7, 11) is 0. The second kappa shape index (κ2) is 5.41. The van der Waals surface area contributed by atoms with E-state index in [2.05, 4.69) is 10.3 Å². The van der Waals surface area contributed by atoms with Crippen molar-refractivity contribution in [1.82, 2.24) is 10.3 Å². The van der Waals surface area contributed by atoms with Gasteiger partial charge in [0.1, 0.15) is 5.69 Å². The molecule has 0 bridgehead atoms. The maximum absolute atomic E-state index is 11.7. The zero-order chi connectivity index (χ0) is 11.4. The van der Waals surface area contributed by atoms with Gasteiger partial charge in [-0.05, 0) is 25.3 Å². The Labute approximate surface area is 99.3 Å². The number of rotatable bonds is 5. The van der Waals surface area contributed by atoms with Gasteiger partial charge in [0, 0.05) is 18.3 Å². The Morgan fingerprint density at radius 3 is 3.06 bits per heavy atom. The van der Waals surface area contributed by atoms with Crippen LogP contribution < -0.4 is 11.1 Å². The fourth-order valence-electron chi connectivity index (χ4n) is 1.68. The highest BCUT2D eigenvalue weighted by Crippen LogP contribution is 2.25. The molecule has 0 unspecified atom stereocenters. The molecule has 1 saturated carbocycles. The van der Waals surface area contributed by atoms with Crippen molar-refractivity contribution in [2.45, 2.75) is 25.7 Å². The minimum absolute atomic E-state index is 0.0496. The number of hydrogen-bond donors (Lipinski definition) is 2. The molecule has 0 saturated heterocycles. The van der Waals surface area contributed by atoms with Crippen molar-refractivity contribution in [1.29, 1.82) is 0 Å². The first-order valence-electron chi connectivity index (χ1n) is 5.72. The summed E-state index contributed by atoms with van der Waals surface area (Å²) in [5.74, 6) is 0.637. The number of carbonyl (C=O) groups excluding carboxylic acids is 1. The van der Waals surface area contributed by atoms with Gasteiger partial charge in [0.25, 0.3) is 5.91 Å². The largest absolute Gasteiger partial charge is 0.350 e. The van der Waals surface area contributed by atoms with Crippen LogP contribution in [0, 0.1) is 5.92 Å². The molecule has 0 radical (unpaired) electrons. The number of carbonyl (C=O) groups is 1. The van der Waals surface area contributed by atoms with Gasteiger partial charge in [-0.15, -0.1) is 11.3 Å². The second-order valence-corrected chi connectivity index (χ2v) is 5.11. The molecule has 4 nitrogen and oxygen atoms in total. The van der Waals surface area contributed by atoms with E-state index in [1.165, 1.54) is 30.6 Å². The van der Waals surface area contributed by atoms with Gasteiger partial charge in [-0.25, -0.2) is 4.98 Å². The molecule has 1 aliphatic rings. The topological polar surface area (TPSA) is 68.0 Å². The predicted molar refractivity (Wildman–Crippen MR) is 64.5 cm³/mol. The van der Waals surface area contributed by atoms with Crippen molar-refractivity contribution in [3.8, 4) is 0 Å². The number of thiazole rings is 1. The Balaban J connectivity index is 1.82. The van der Waals surface area contributed by atoms with Crippen LogP contribution in [-0.2, 0) is 6.42 Å². The van der Waals surface area contributed by atoms with Gasteiger partial charge in [-0.3, -0.25) is 4.79 Å². The van der Waals surface area contributed by atoms with Crippen LogP contribution >= 0.6 is 11.3 Å². The van der Waals surface area contributed by atoms with E-state index in [0.717, 1.165) is 18.0 Å². The standard InChI is InChI=1S/C11H17N3OS/c12-5-4-10-14-9(7-16-10)11(15)13-6-8-2-1-3-8/h7-8H,1-6,12H2,(H,13,15). The van der Waals surface area contributed by atoms with Crippen LogP contribution in [-0.4, -0.2) is 24.0 Å². The van der Waals surface area contributed by atoms with E-state index in [-0.39, 0.29) is 5.91 Å².